The van der Waals surface area contributed by atoms with Crippen molar-refractivity contribution in [2.24, 2.45) is 38.9 Å². The third-order valence-corrected chi connectivity index (χ3v) is 14.4. The van der Waals surface area contributed by atoms with Crippen LogP contribution in [-0.4, -0.2) is 105 Å². The molecule has 0 bridgehead atoms. The molecular weight excluding hydrogens is 683 g/mol. The molecule has 1 unspecified atom stereocenters. The first-order valence-corrected chi connectivity index (χ1v) is 20.3. The molecule has 0 aromatic heterocycles. The smallest absolute Gasteiger partial charge is 0.315 e. The lowest BCUT2D eigenvalue weighted by Gasteiger charge is -2.38. The van der Waals surface area contributed by atoms with Crippen LogP contribution in [0.25, 0.3) is 0 Å². The van der Waals surface area contributed by atoms with Gasteiger partial charge in [0.05, 0.1) is 6.04 Å². The lowest BCUT2D eigenvalue weighted by atomic mass is 9.73. The zero-order valence-electron chi connectivity index (χ0n) is 34.1. The molecule has 1 aliphatic heterocycles. The van der Waals surface area contributed by atoms with Gasteiger partial charge in [0.25, 0.3) is 0 Å². The van der Waals surface area contributed by atoms with E-state index >= 15 is 0 Å². The number of urea groups is 1. The summed E-state index contributed by atoms with van der Waals surface area (Å²) in [5.41, 5.74) is -1.27. The van der Waals surface area contributed by atoms with Gasteiger partial charge in [0.1, 0.15) is 6.04 Å². The summed E-state index contributed by atoms with van der Waals surface area (Å²) in [6.07, 6.45) is 7.11. The fourth-order valence-corrected chi connectivity index (χ4v) is 10.2. The van der Waals surface area contributed by atoms with Crippen LogP contribution in [0.4, 0.5) is 4.79 Å². The molecule has 3 saturated carbocycles. The average Bonchev–Trinajstić information content (AvgIpc) is 3.82. The summed E-state index contributed by atoms with van der Waals surface area (Å²) in [5.74, 6) is -1.66. The third-order valence-electron chi connectivity index (χ3n) is 13.1. The van der Waals surface area contributed by atoms with Crippen LogP contribution in [0, 0.1) is 38.9 Å². The number of likely N-dealkylation sites (N-methyl/N-ethyl adjacent to an activating group) is 1. The first-order chi connectivity index (χ1) is 23.4. The molecule has 1 saturated heterocycles. The molecule has 12 nitrogen and oxygen atoms in total. The number of carbonyl (C=O) groups excluding carboxylic acids is 5. The summed E-state index contributed by atoms with van der Waals surface area (Å²) in [6.45, 7) is 19.0. The second-order valence-electron chi connectivity index (χ2n) is 19.1. The van der Waals surface area contributed by atoms with E-state index in [1.807, 2.05) is 48.5 Å². The van der Waals surface area contributed by atoms with Crippen LogP contribution in [0.15, 0.2) is 0 Å². The van der Waals surface area contributed by atoms with Gasteiger partial charge in [-0.15, -0.1) is 0 Å². The minimum absolute atomic E-state index is 0. The molecule has 0 aromatic rings. The van der Waals surface area contributed by atoms with Crippen molar-refractivity contribution < 1.29 is 33.7 Å². The molecule has 0 radical (unpaired) electrons. The predicted molar refractivity (Wildman–Crippen MR) is 204 cm³/mol. The Hall–Kier alpha value is -2.22. The van der Waals surface area contributed by atoms with Gasteiger partial charge in [-0.05, 0) is 66.1 Å². The van der Waals surface area contributed by atoms with Gasteiger partial charge in [0.2, 0.25) is 11.7 Å². The third kappa shape index (κ3) is 8.52. The SMILES string of the molecule is CCC[C@H](CC(=O)[C@@H]1C[C@@]2(CN1C(=O)[C@@H](NC(=O)N[C@H](CN(C)S(=O)N(C)C)C(C)(C)C)C(C)(C)C)C(C)(C)C21CCC1)C(=O)C(=O)CC1CC1.O. The van der Waals surface area contributed by atoms with E-state index in [-0.39, 0.29) is 57.5 Å². The molecule has 6 atom stereocenters. The molecule has 4 rings (SSSR count). The topological polar surface area (TPSA) is 168 Å². The van der Waals surface area contributed by atoms with Gasteiger partial charge in [-0.3, -0.25) is 19.2 Å². The summed E-state index contributed by atoms with van der Waals surface area (Å²) in [5, 5.41) is 6.07. The van der Waals surface area contributed by atoms with E-state index in [1.165, 1.54) is 0 Å². The van der Waals surface area contributed by atoms with E-state index < -0.39 is 52.4 Å². The molecule has 1 heterocycles. The van der Waals surface area contributed by atoms with E-state index in [1.54, 1.807) is 34.7 Å². The van der Waals surface area contributed by atoms with Crippen molar-refractivity contribution in [3.8, 4) is 0 Å². The number of Topliss-reactive ketones (excluding diaryl/α,β-unsaturated/α-hetero) is 3. The van der Waals surface area contributed by atoms with Gasteiger partial charge in [0, 0.05) is 64.4 Å². The maximum absolute atomic E-state index is 14.8. The van der Waals surface area contributed by atoms with E-state index in [0.717, 1.165) is 32.1 Å². The van der Waals surface area contributed by atoms with Crippen molar-refractivity contribution in [3.63, 3.8) is 0 Å². The highest BCUT2D eigenvalue weighted by Gasteiger charge is 2.85. The lowest BCUT2D eigenvalue weighted by molar-refractivity contribution is -0.143. The van der Waals surface area contributed by atoms with Gasteiger partial charge in [-0.25, -0.2) is 17.6 Å². The zero-order valence-corrected chi connectivity index (χ0v) is 34.9. The summed E-state index contributed by atoms with van der Waals surface area (Å²) in [4.78, 5) is 71.0. The normalized spacial score (nSPS) is 25.6. The number of nitrogens with one attached hydrogen (secondary N) is 2. The van der Waals surface area contributed by atoms with Crippen LogP contribution in [0.5, 0.6) is 0 Å². The molecule has 13 heteroatoms. The van der Waals surface area contributed by atoms with Crippen molar-refractivity contribution in [3.05, 3.63) is 0 Å². The van der Waals surface area contributed by atoms with E-state index in [9.17, 15) is 28.2 Å². The Morgan fingerprint density at radius 2 is 1.52 bits per heavy atom. The van der Waals surface area contributed by atoms with Gasteiger partial charge < -0.3 is 21.0 Å². The Morgan fingerprint density at radius 3 is 1.96 bits per heavy atom. The number of nitrogens with zero attached hydrogens (tertiary/aromatic N) is 3. The van der Waals surface area contributed by atoms with Crippen molar-refractivity contribution in [1.82, 2.24) is 24.1 Å². The van der Waals surface area contributed by atoms with Crippen molar-refractivity contribution in [2.45, 2.75) is 145 Å². The number of likely N-dealkylation sites (tertiary alicyclic amines) is 1. The number of hydrogen-bond acceptors (Lipinski definition) is 6. The van der Waals surface area contributed by atoms with Crippen LogP contribution in [0.3, 0.4) is 0 Å². The van der Waals surface area contributed by atoms with Gasteiger partial charge in [-0.1, -0.05) is 75.2 Å². The highest BCUT2D eigenvalue weighted by atomic mass is 32.2. The largest absolute Gasteiger partial charge is 0.412 e. The van der Waals surface area contributed by atoms with Crippen LogP contribution in [0.1, 0.15) is 127 Å². The quantitative estimate of drug-likeness (QED) is 0.221. The number of ketones is 3. The van der Waals surface area contributed by atoms with Crippen molar-refractivity contribution in [1.29, 1.82) is 0 Å². The second kappa shape index (κ2) is 15.9. The van der Waals surface area contributed by atoms with Crippen molar-refractivity contribution >= 4 is 40.5 Å². The summed E-state index contributed by atoms with van der Waals surface area (Å²) < 4.78 is 16.0. The number of fused-ring (bicyclic) bond motifs is 1. The van der Waals surface area contributed by atoms with Crippen LogP contribution in [-0.2, 0) is 30.3 Å². The molecule has 0 aromatic carbocycles. The Balaban J connectivity index is 0.00000729. The van der Waals surface area contributed by atoms with E-state index in [0.29, 0.717) is 38.3 Å². The average molecular weight is 752 g/mol. The molecule has 298 valence electrons. The van der Waals surface area contributed by atoms with Gasteiger partial charge >= 0.3 is 6.03 Å². The standard InChI is InChI=1S/C39H67N5O6S.H2O/c1-13-15-26(31(47)29(46)20-25-16-17-25)21-28(45)27-22-39(37(8,9)38(39)18-14-19-38)24-44(27)33(48)32(36(5,6)7)41-34(49)40-30(35(2,3)4)23-43(12)51(50)42(10)11;/h25-27,30,32H,13-24H2,1-12H3,(H2,40,41,49);1H2/t26-,27+,30-,32-,39-,51?;/m1./s1. The lowest BCUT2D eigenvalue weighted by Crippen LogP contribution is -2.61. The fourth-order valence-electron chi connectivity index (χ4n) is 9.36. The highest BCUT2D eigenvalue weighted by Crippen LogP contribution is 2.88. The summed E-state index contributed by atoms with van der Waals surface area (Å²) >= 11 is -1.39. The minimum Gasteiger partial charge on any atom is -0.412 e. The van der Waals surface area contributed by atoms with Crippen molar-refractivity contribution in [2.75, 3.05) is 34.2 Å². The first kappa shape index (κ1) is 44.2. The number of hydrogen-bond donors (Lipinski definition) is 2. The maximum atomic E-state index is 14.8. The Labute approximate surface area is 315 Å². The second-order valence-corrected chi connectivity index (χ2v) is 20.9. The van der Waals surface area contributed by atoms with Gasteiger partial charge in [-0.2, -0.15) is 0 Å². The maximum Gasteiger partial charge on any atom is 0.315 e. The van der Waals surface area contributed by atoms with Crippen LogP contribution >= 0.6 is 0 Å². The molecule has 4 N–H and O–H groups in total. The summed E-state index contributed by atoms with van der Waals surface area (Å²) in [7, 11) is 5.20. The molecule has 3 aliphatic carbocycles. The molecule has 4 aliphatic rings. The van der Waals surface area contributed by atoms with E-state index in [4.69, 9.17) is 0 Å². The molecule has 52 heavy (non-hydrogen) atoms. The predicted octanol–water partition coefficient (Wildman–Crippen LogP) is 4.47. The Morgan fingerprint density at radius 1 is 0.923 bits per heavy atom. The molecule has 4 fully saturated rings. The molecule has 2 spiro atoms. The van der Waals surface area contributed by atoms with Crippen LogP contribution < -0.4 is 10.6 Å². The number of amides is 3. The summed E-state index contributed by atoms with van der Waals surface area (Å²) in [6, 6.07) is -2.57. The fraction of sp³-hybridized carbons (Fsp3) is 0.872. The van der Waals surface area contributed by atoms with Gasteiger partial charge in [0.15, 0.2) is 22.7 Å². The van der Waals surface area contributed by atoms with E-state index in [2.05, 4.69) is 24.5 Å². The molecular formula is C39H69N5O7S. The highest BCUT2D eigenvalue weighted by molar-refractivity contribution is 7.80. The monoisotopic (exact) mass is 751 g/mol. The minimum atomic E-state index is -1.39. The Kier molecular flexibility index (Phi) is 13.5. The first-order valence-electron chi connectivity index (χ1n) is 19.2. The number of rotatable bonds is 16. The zero-order chi connectivity index (χ0) is 38.5. The molecule has 3 amide bonds. The Bertz CT molecular complexity index is 1390. The number of carbonyl (C=O) groups is 5. The van der Waals surface area contributed by atoms with Crippen LogP contribution in [0.2, 0.25) is 0 Å².